The minimum Gasteiger partial charge on any atom is -0.463 e. The van der Waals surface area contributed by atoms with Gasteiger partial charge in [0.1, 0.15) is 5.82 Å². The second-order valence-electron chi connectivity index (χ2n) is 5.91. The van der Waals surface area contributed by atoms with Gasteiger partial charge in [0.25, 0.3) is 0 Å². The van der Waals surface area contributed by atoms with E-state index in [-0.39, 0.29) is 28.8 Å². The summed E-state index contributed by atoms with van der Waals surface area (Å²) in [6, 6.07) is 3.42. The van der Waals surface area contributed by atoms with Crippen molar-refractivity contribution >= 4 is 34.9 Å². The van der Waals surface area contributed by atoms with Crippen molar-refractivity contribution in [2.45, 2.75) is 32.9 Å². The van der Waals surface area contributed by atoms with Gasteiger partial charge in [-0.05, 0) is 45.1 Å². The van der Waals surface area contributed by atoms with E-state index in [1.54, 1.807) is 31.9 Å². The van der Waals surface area contributed by atoms with Crippen LogP contribution in [0.15, 0.2) is 29.5 Å². The Hall–Kier alpha value is -1.70. The molecule has 0 fully saturated rings. The largest absolute Gasteiger partial charge is 0.463 e. The SMILES string of the molecule is CCOC(=O)C1=C(C)N([C@H](C)COC)C(=S)N[C@H]1c1c(F)cccc1Cl. The molecule has 8 heteroatoms. The smallest absolute Gasteiger partial charge is 0.338 e. The summed E-state index contributed by atoms with van der Waals surface area (Å²) in [5, 5.41) is 3.61. The van der Waals surface area contributed by atoms with Crippen LogP contribution in [-0.4, -0.2) is 42.3 Å². The lowest BCUT2D eigenvalue weighted by atomic mass is 9.94. The van der Waals surface area contributed by atoms with Crippen LogP contribution in [0.3, 0.4) is 0 Å². The molecule has 0 bridgehead atoms. The van der Waals surface area contributed by atoms with Crippen molar-refractivity contribution < 1.29 is 18.7 Å². The normalized spacial score (nSPS) is 18.6. The number of allylic oxidation sites excluding steroid dienone is 1. The van der Waals surface area contributed by atoms with Gasteiger partial charge in [-0.2, -0.15) is 0 Å². The monoisotopic (exact) mass is 400 g/mol. The first-order chi connectivity index (χ1) is 12.3. The first-order valence-corrected chi connectivity index (χ1v) is 9.02. The van der Waals surface area contributed by atoms with Crippen molar-refractivity contribution in [2.75, 3.05) is 20.3 Å². The maximum Gasteiger partial charge on any atom is 0.338 e. The summed E-state index contributed by atoms with van der Waals surface area (Å²) < 4.78 is 24.9. The third-order valence-electron chi connectivity index (χ3n) is 4.16. The van der Waals surface area contributed by atoms with Crippen molar-refractivity contribution in [1.29, 1.82) is 0 Å². The molecule has 26 heavy (non-hydrogen) atoms. The number of hydrogen-bond donors (Lipinski definition) is 1. The Bertz CT molecular complexity index is 721. The van der Waals surface area contributed by atoms with Gasteiger partial charge in [0.2, 0.25) is 0 Å². The Labute approximate surface area is 163 Å². The molecule has 0 aliphatic carbocycles. The van der Waals surface area contributed by atoms with Crippen LogP contribution in [0.4, 0.5) is 4.39 Å². The fourth-order valence-corrected chi connectivity index (χ4v) is 3.79. The van der Waals surface area contributed by atoms with E-state index in [1.807, 2.05) is 6.92 Å². The zero-order valence-electron chi connectivity index (χ0n) is 15.1. The van der Waals surface area contributed by atoms with Gasteiger partial charge < -0.3 is 19.7 Å². The van der Waals surface area contributed by atoms with Gasteiger partial charge in [-0.1, -0.05) is 17.7 Å². The van der Waals surface area contributed by atoms with E-state index in [4.69, 9.17) is 33.3 Å². The zero-order valence-corrected chi connectivity index (χ0v) is 16.7. The van der Waals surface area contributed by atoms with Crippen LogP contribution < -0.4 is 5.32 Å². The number of thiocarbonyl (C=S) groups is 1. The molecule has 0 aromatic heterocycles. The van der Waals surface area contributed by atoms with E-state index >= 15 is 0 Å². The first-order valence-electron chi connectivity index (χ1n) is 8.23. The molecule has 0 saturated heterocycles. The Morgan fingerprint density at radius 3 is 2.77 bits per heavy atom. The van der Waals surface area contributed by atoms with Crippen molar-refractivity contribution in [1.82, 2.24) is 10.2 Å². The van der Waals surface area contributed by atoms with E-state index in [1.165, 1.54) is 12.1 Å². The summed E-state index contributed by atoms with van der Waals surface area (Å²) in [7, 11) is 1.59. The van der Waals surface area contributed by atoms with E-state index < -0.39 is 17.8 Å². The van der Waals surface area contributed by atoms with Crippen LogP contribution in [0.1, 0.15) is 32.4 Å². The molecular formula is C18H22ClFN2O3S. The molecule has 0 unspecified atom stereocenters. The van der Waals surface area contributed by atoms with Gasteiger partial charge >= 0.3 is 5.97 Å². The highest BCUT2D eigenvalue weighted by Crippen LogP contribution is 2.36. The van der Waals surface area contributed by atoms with Crippen LogP contribution in [0.5, 0.6) is 0 Å². The number of ether oxygens (including phenoxy) is 2. The number of esters is 1. The molecule has 1 N–H and O–H groups in total. The molecule has 0 amide bonds. The number of nitrogens with zero attached hydrogens (tertiary/aromatic N) is 1. The molecule has 1 aliphatic heterocycles. The Kier molecular flexibility index (Phi) is 6.97. The minimum atomic E-state index is -0.832. The van der Waals surface area contributed by atoms with Crippen LogP contribution in [0, 0.1) is 5.82 Å². The number of carbonyl (C=O) groups is 1. The third kappa shape index (κ3) is 4.00. The molecule has 1 aromatic carbocycles. The van der Waals surface area contributed by atoms with Gasteiger partial charge in [-0.15, -0.1) is 0 Å². The van der Waals surface area contributed by atoms with Crippen molar-refractivity contribution in [3.8, 4) is 0 Å². The second-order valence-corrected chi connectivity index (χ2v) is 6.71. The fraction of sp³-hybridized carbons (Fsp3) is 0.444. The van der Waals surface area contributed by atoms with Gasteiger partial charge in [0.05, 0.1) is 30.9 Å². The van der Waals surface area contributed by atoms with Crippen LogP contribution >= 0.6 is 23.8 Å². The maximum absolute atomic E-state index is 14.5. The summed E-state index contributed by atoms with van der Waals surface area (Å²) in [5.41, 5.74) is 1.02. The number of carbonyl (C=O) groups excluding carboxylic acids is 1. The number of nitrogens with one attached hydrogen (secondary N) is 1. The van der Waals surface area contributed by atoms with Gasteiger partial charge in [0.15, 0.2) is 5.11 Å². The molecule has 142 valence electrons. The van der Waals surface area contributed by atoms with Crippen LogP contribution in [0.25, 0.3) is 0 Å². The lowest BCUT2D eigenvalue weighted by molar-refractivity contribution is -0.139. The number of benzene rings is 1. The van der Waals surface area contributed by atoms with Crippen LogP contribution in [0.2, 0.25) is 5.02 Å². The highest BCUT2D eigenvalue weighted by Gasteiger charge is 2.38. The zero-order chi connectivity index (χ0) is 19.4. The maximum atomic E-state index is 14.5. The lowest BCUT2D eigenvalue weighted by Crippen LogP contribution is -2.52. The summed E-state index contributed by atoms with van der Waals surface area (Å²) in [6.45, 7) is 5.99. The quantitative estimate of drug-likeness (QED) is 0.581. The summed E-state index contributed by atoms with van der Waals surface area (Å²) in [6.07, 6.45) is 0. The fourth-order valence-electron chi connectivity index (χ4n) is 3.08. The molecule has 1 aliphatic rings. The summed E-state index contributed by atoms with van der Waals surface area (Å²) in [5.74, 6) is -1.07. The highest BCUT2D eigenvalue weighted by molar-refractivity contribution is 7.80. The van der Waals surface area contributed by atoms with Gasteiger partial charge in [-0.25, -0.2) is 9.18 Å². The first kappa shape index (κ1) is 20.6. The van der Waals surface area contributed by atoms with Crippen molar-refractivity contribution in [2.24, 2.45) is 0 Å². The highest BCUT2D eigenvalue weighted by atomic mass is 35.5. The molecular weight excluding hydrogens is 379 g/mol. The molecule has 2 rings (SSSR count). The molecule has 0 radical (unpaired) electrons. The van der Waals surface area contributed by atoms with Crippen molar-refractivity contribution in [3.63, 3.8) is 0 Å². The Balaban J connectivity index is 2.62. The van der Waals surface area contributed by atoms with E-state index in [0.29, 0.717) is 17.4 Å². The molecule has 5 nitrogen and oxygen atoms in total. The van der Waals surface area contributed by atoms with E-state index in [2.05, 4.69) is 5.32 Å². The predicted molar refractivity (Wildman–Crippen MR) is 102 cm³/mol. The molecule has 1 aromatic rings. The number of rotatable bonds is 6. The van der Waals surface area contributed by atoms with E-state index in [9.17, 15) is 9.18 Å². The van der Waals surface area contributed by atoms with Crippen molar-refractivity contribution in [3.05, 3.63) is 45.9 Å². The molecule has 2 atom stereocenters. The van der Waals surface area contributed by atoms with Gasteiger partial charge in [0, 0.05) is 23.4 Å². The average molecular weight is 401 g/mol. The van der Waals surface area contributed by atoms with Crippen LogP contribution in [-0.2, 0) is 14.3 Å². The molecule has 0 saturated carbocycles. The molecule has 0 spiro atoms. The van der Waals surface area contributed by atoms with E-state index in [0.717, 1.165) is 0 Å². The van der Waals surface area contributed by atoms with Gasteiger partial charge in [-0.3, -0.25) is 0 Å². The third-order valence-corrected chi connectivity index (χ3v) is 4.80. The lowest BCUT2D eigenvalue weighted by Gasteiger charge is -2.40. The minimum absolute atomic E-state index is 0.124. The standard InChI is InChI=1S/C18H22ClFN2O3S/c1-5-25-17(23)14-11(3)22(10(2)9-24-4)18(26)21-16(14)15-12(19)7-6-8-13(15)20/h6-8,10,16H,5,9H2,1-4H3,(H,21,26)/t10-,16-/m1/s1. The Morgan fingerprint density at radius 2 is 2.19 bits per heavy atom. The predicted octanol–water partition coefficient (Wildman–Crippen LogP) is 3.58. The number of methoxy groups -OCH3 is 1. The average Bonchev–Trinajstić information content (AvgIpc) is 2.54. The Morgan fingerprint density at radius 1 is 1.50 bits per heavy atom. The topological polar surface area (TPSA) is 50.8 Å². The summed E-state index contributed by atoms with van der Waals surface area (Å²) >= 11 is 11.7. The number of hydrogen-bond acceptors (Lipinski definition) is 4. The molecule has 1 heterocycles. The second kappa shape index (κ2) is 8.79. The number of halogens is 2. The summed E-state index contributed by atoms with van der Waals surface area (Å²) in [4.78, 5) is 14.4.